The van der Waals surface area contributed by atoms with Gasteiger partial charge in [-0.3, -0.25) is 9.59 Å². The molecule has 0 aliphatic carbocycles. The fourth-order valence-corrected chi connectivity index (χ4v) is 5.12. The monoisotopic (exact) mass is 639 g/mol. The Morgan fingerprint density at radius 2 is 0.978 bits per heavy atom. The molecule has 0 fully saturated rings. The highest BCUT2D eigenvalue weighted by molar-refractivity contribution is 5.69. The van der Waals surface area contributed by atoms with Crippen molar-refractivity contribution in [3.8, 4) is 0 Å². The number of allylic oxidation sites excluding steroid dienone is 11. The van der Waals surface area contributed by atoms with Crippen LogP contribution < -0.4 is 0 Å². The van der Waals surface area contributed by atoms with Crippen LogP contribution in [0.15, 0.2) is 72.9 Å². The summed E-state index contributed by atoms with van der Waals surface area (Å²) in [6.45, 7) is 4.39. The molecule has 0 amide bonds. The standard InChI is InChI=1S/C42H70O4/c1-3-5-7-9-11-13-15-16-17-18-19-20-21-22-24-26-28-30-35-39-42(45)46-40(37-33-31-34-38-41(43)44)36-32-29-27-25-23-14-12-10-8-6-4-2/h6,8,11-14,16-17,25,27,32,36,40H,3-5,7,9-10,15,18-24,26,28-31,33-35,37-39H2,1-2H3,(H,43,44)/b8-6-,13-11-,14-12-,17-16-,27-25-,36-32-. The molecule has 4 nitrogen and oxygen atoms in total. The number of carbonyl (C=O) groups is 2. The van der Waals surface area contributed by atoms with E-state index in [1.807, 2.05) is 6.08 Å². The second-order valence-electron chi connectivity index (χ2n) is 12.4. The number of hydrogen-bond donors (Lipinski definition) is 1. The fourth-order valence-electron chi connectivity index (χ4n) is 5.12. The van der Waals surface area contributed by atoms with Gasteiger partial charge in [0.05, 0.1) is 0 Å². The highest BCUT2D eigenvalue weighted by Crippen LogP contribution is 2.15. The minimum absolute atomic E-state index is 0.116. The van der Waals surface area contributed by atoms with Crippen LogP contribution >= 0.6 is 0 Å². The van der Waals surface area contributed by atoms with Gasteiger partial charge in [0.2, 0.25) is 0 Å². The Morgan fingerprint density at radius 1 is 0.522 bits per heavy atom. The zero-order valence-corrected chi connectivity index (χ0v) is 29.9. The van der Waals surface area contributed by atoms with E-state index in [1.54, 1.807) is 0 Å². The maximum absolute atomic E-state index is 12.5. The van der Waals surface area contributed by atoms with Gasteiger partial charge in [-0.15, -0.1) is 0 Å². The number of unbranched alkanes of at least 4 members (excludes halogenated alkanes) is 14. The molecule has 46 heavy (non-hydrogen) atoms. The van der Waals surface area contributed by atoms with Gasteiger partial charge >= 0.3 is 11.9 Å². The number of aliphatic carboxylic acids is 1. The fraction of sp³-hybridized carbons (Fsp3) is 0.667. The third-order valence-electron chi connectivity index (χ3n) is 7.90. The summed E-state index contributed by atoms with van der Waals surface area (Å²) in [5.74, 6) is -0.868. The molecule has 0 saturated carbocycles. The molecule has 1 unspecified atom stereocenters. The first-order valence-corrected chi connectivity index (χ1v) is 18.9. The summed E-state index contributed by atoms with van der Waals surface area (Å²) in [4.78, 5) is 23.3. The van der Waals surface area contributed by atoms with Crippen LogP contribution in [0.5, 0.6) is 0 Å². The summed E-state index contributed by atoms with van der Waals surface area (Å²) in [7, 11) is 0. The molecule has 0 saturated heterocycles. The van der Waals surface area contributed by atoms with E-state index >= 15 is 0 Å². The van der Waals surface area contributed by atoms with Crippen LogP contribution in [0.3, 0.4) is 0 Å². The lowest BCUT2D eigenvalue weighted by atomic mass is 10.1. The largest absolute Gasteiger partial charge is 0.481 e. The number of hydrogen-bond acceptors (Lipinski definition) is 3. The molecule has 0 aromatic rings. The van der Waals surface area contributed by atoms with Crippen LogP contribution in [-0.2, 0) is 14.3 Å². The second-order valence-corrected chi connectivity index (χ2v) is 12.4. The van der Waals surface area contributed by atoms with Crippen LogP contribution in [0.2, 0.25) is 0 Å². The molecule has 0 heterocycles. The average Bonchev–Trinajstić information content (AvgIpc) is 3.04. The number of carboxylic acids is 1. The van der Waals surface area contributed by atoms with Crippen molar-refractivity contribution >= 4 is 11.9 Å². The van der Waals surface area contributed by atoms with E-state index in [9.17, 15) is 9.59 Å². The van der Waals surface area contributed by atoms with Gasteiger partial charge in [0.1, 0.15) is 6.10 Å². The number of rotatable bonds is 33. The van der Waals surface area contributed by atoms with Crippen LogP contribution in [-0.4, -0.2) is 23.1 Å². The minimum atomic E-state index is -0.752. The van der Waals surface area contributed by atoms with Gasteiger partial charge < -0.3 is 9.84 Å². The van der Waals surface area contributed by atoms with Gasteiger partial charge in [-0.05, 0) is 89.5 Å². The zero-order chi connectivity index (χ0) is 33.6. The second kappa shape index (κ2) is 36.8. The van der Waals surface area contributed by atoms with Crippen molar-refractivity contribution in [2.24, 2.45) is 0 Å². The van der Waals surface area contributed by atoms with E-state index in [0.29, 0.717) is 12.8 Å². The molecular formula is C42H70O4. The Balaban J connectivity index is 4.04. The first kappa shape index (κ1) is 43.4. The van der Waals surface area contributed by atoms with Crippen molar-refractivity contribution in [1.29, 1.82) is 0 Å². The van der Waals surface area contributed by atoms with Crippen LogP contribution in [0, 0.1) is 0 Å². The minimum Gasteiger partial charge on any atom is -0.481 e. The molecule has 1 N–H and O–H groups in total. The maximum atomic E-state index is 12.5. The summed E-state index contributed by atoms with van der Waals surface area (Å²) in [6.07, 6.45) is 52.1. The summed E-state index contributed by atoms with van der Waals surface area (Å²) in [5.41, 5.74) is 0. The predicted molar refractivity (Wildman–Crippen MR) is 199 cm³/mol. The quantitative estimate of drug-likeness (QED) is 0.0441. The molecule has 1 atom stereocenters. The van der Waals surface area contributed by atoms with Crippen molar-refractivity contribution in [2.75, 3.05) is 0 Å². The van der Waals surface area contributed by atoms with E-state index in [0.717, 1.165) is 64.2 Å². The highest BCUT2D eigenvalue weighted by atomic mass is 16.5. The molecule has 0 radical (unpaired) electrons. The van der Waals surface area contributed by atoms with Gasteiger partial charge in [0.25, 0.3) is 0 Å². The Labute approximate surface area is 284 Å². The molecule has 0 aliphatic rings. The molecule has 0 bridgehead atoms. The number of ether oxygens (including phenoxy) is 1. The van der Waals surface area contributed by atoms with E-state index in [1.165, 1.54) is 77.0 Å². The van der Waals surface area contributed by atoms with Crippen molar-refractivity contribution in [2.45, 2.75) is 180 Å². The van der Waals surface area contributed by atoms with Gasteiger partial charge in [-0.2, -0.15) is 0 Å². The van der Waals surface area contributed by atoms with Crippen molar-refractivity contribution < 1.29 is 19.4 Å². The predicted octanol–water partition coefficient (Wildman–Crippen LogP) is 13.1. The molecule has 0 aromatic heterocycles. The smallest absolute Gasteiger partial charge is 0.306 e. The number of carbonyl (C=O) groups excluding carboxylic acids is 1. The normalized spacial score (nSPS) is 13.1. The Kier molecular flexibility index (Phi) is 34.7. The zero-order valence-electron chi connectivity index (χ0n) is 29.9. The third kappa shape index (κ3) is 35.9. The maximum Gasteiger partial charge on any atom is 0.306 e. The van der Waals surface area contributed by atoms with Gasteiger partial charge in [-0.25, -0.2) is 0 Å². The molecule has 0 aromatic carbocycles. The third-order valence-corrected chi connectivity index (χ3v) is 7.90. The highest BCUT2D eigenvalue weighted by Gasteiger charge is 2.11. The van der Waals surface area contributed by atoms with Crippen LogP contribution in [0.4, 0.5) is 0 Å². The molecule has 0 spiro atoms. The summed E-state index contributed by atoms with van der Waals surface area (Å²) in [6, 6.07) is 0. The first-order valence-electron chi connectivity index (χ1n) is 18.9. The lowest BCUT2D eigenvalue weighted by Crippen LogP contribution is -2.16. The summed E-state index contributed by atoms with van der Waals surface area (Å²) < 4.78 is 5.82. The molecule has 4 heteroatoms. The SMILES string of the molecule is CC/C=C\C/C=C\C/C=C\C/C=C\C(CCCCCC(=O)O)OC(=O)CCCCCCCCCCC/C=C\C/C=C\CCCCC. The number of esters is 1. The van der Waals surface area contributed by atoms with Crippen molar-refractivity contribution in [3.05, 3.63) is 72.9 Å². The van der Waals surface area contributed by atoms with Crippen molar-refractivity contribution in [1.82, 2.24) is 0 Å². The van der Waals surface area contributed by atoms with Gasteiger partial charge in [0, 0.05) is 12.8 Å². The number of carboxylic acid groups (broad SMARTS) is 1. The van der Waals surface area contributed by atoms with E-state index in [4.69, 9.17) is 9.84 Å². The Morgan fingerprint density at radius 3 is 1.54 bits per heavy atom. The van der Waals surface area contributed by atoms with Crippen LogP contribution in [0.25, 0.3) is 0 Å². The molecule has 0 rings (SSSR count). The van der Waals surface area contributed by atoms with Crippen LogP contribution in [0.1, 0.15) is 174 Å². The van der Waals surface area contributed by atoms with Crippen molar-refractivity contribution in [3.63, 3.8) is 0 Å². The molecular weight excluding hydrogens is 568 g/mol. The Hall–Kier alpha value is -2.62. The summed E-state index contributed by atoms with van der Waals surface area (Å²) >= 11 is 0. The van der Waals surface area contributed by atoms with Gasteiger partial charge in [-0.1, -0.05) is 145 Å². The van der Waals surface area contributed by atoms with E-state index in [-0.39, 0.29) is 18.5 Å². The molecule has 262 valence electrons. The summed E-state index contributed by atoms with van der Waals surface area (Å²) in [5, 5.41) is 8.86. The molecule has 0 aliphatic heterocycles. The lowest BCUT2D eigenvalue weighted by Gasteiger charge is -2.14. The topological polar surface area (TPSA) is 63.6 Å². The lowest BCUT2D eigenvalue weighted by molar-refractivity contribution is -0.147. The van der Waals surface area contributed by atoms with E-state index in [2.05, 4.69) is 80.7 Å². The Bertz CT molecular complexity index is 861. The van der Waals surface area contributed by atoms with Gasteiger partial charge in [0.15, 0.2) is 0 Å². The average molecular weight is 639 g/mol. The first-order chi connectivity index (χ1) is 22.6. The van der Waals surface area contributed by atoms with E-state index < -0.39 is 5.97 Å².